The van der Waals surface area contributed by atoms with Crippen LogP contribution < -0.4 is 5.32 Å². The van der Waals surface area contributed by atoms with Gasteiger partial charge in [0.05, 0.1) is 12.1 Å². The van der Waals surface area contributed by atoms with E-state index in [1.54, 1.807) is 0 Å². The van der Waals surface area contributed by atoms with E-state index in [-0.39, 0.29) is 0 Å². The molecule has 0 unspecified atom stereocenters. The van der Waals surface area contributed by atoms with Gasteiger partial charge >= 0.3 is 0 Å². The Morgan fingerprint density at radius 2 is 2.12 bits per heavy atom. The molecule has 0 radical (unpaired) electrons. The highest BCUT2D eigenvalue weighted by atomic mass is 15.4. The maximum Gasteiger partial charge on any atom is 0.113 e. The quantitative estimate of drug-likeness (QED) is 0.776. The van der Waals surface area contributed by atoms with Gasteiger partial charge in [-0.1, -0.05) is 31.2 Å². The van der Waals surface area contributed by atoms with Crippen LogP contribution in [0.5, 0.6) is 0 Å². The first-order valence-corrected chi connectivity index (χ1v) is 5.76. The highest BCUT2D eigenvalue weighted by molar-refractivity contribution is 5.73. The van der Waals surface area contributed by atoms with Gasteiger partial charge in [-0.2, -0.15) is 0 Å². The van der Waals surface area contributed by atoms with Gasteiger partial charge in [0.2, 0.25) is 0 Å². The summed E-state index contributed by atoms with van der Waals surface area (Å²) in [6, 6.07) is 8.04. The van der Waals surface area contributed by atoms with Crippen molar-refractivity contribution in [3.05, 3.63) is 24.3 Å². The molecule has 2 rings (SSSR count). The summed E-state index contributed by atoms with van der Waals surface area (Å²) in [6.07, 6.45) is 0. The van der Waals surface area contributed by atoms with Gasteiger partial charge in [-0.15, -0.1) is 5.10 Å². The van der Waals surface area contributed by atoms with E-state index in [9.17, 15) is 0 Å². The zero-order chi connectivity index (χ0) is 11.4. The average molecular weight is 218 g/mol. The number of nitrogens with zero attached hydrogens (tertiary/aromatic N) is 3. The fourth-order valence-electron chi connectivity index (χ4n) is 1.66. The molecular weight excluding hydrogens is 200 g/mol. The van der Waals surface area contributed by atoms with Crippen molar-refractivity contribution in [3.63, 3.8) is 0 Å². The highest BCUT2D eigenvalue weighted by Gasteiger charge is 2.02. The molecule has 0 saturated carbocycles. The lowest BCUT2D eigenvalue weighted by molar-refractivity contribution is 0.506. The number of hydrogen-bond donors (Lipinski definition) is 1. The van der Waals surface area contributed by atoms with Crippen molar-refractivity contribution in [1.82, 2.24) is 20.3 Å². The Morgan fingerprint density at radius 3 is 2.94 bits per heavy atom. The summed E-state index contributed by atoms with van der Waals surface area (Å²) in [5.74, 6) is 0.687. The zero-order valence-corrected chi connectivity index (χ0v) is 9.85. The molecule has 16 heavy (non-hydrogen) atoms. The second-order valence-corrected chi connectivity index (χ2v) is 4.40. The molecule has 0 amide bonds. The molecule has 0 aliphatic rings. The first-order valence-electron chi connectivity index (χ1n) is 5.76. The van der Waals surface area contributed by atoms with E-state index in [0.29, 0.717) is 5.92 Å². The van der Waals surface area contributed by atoms with E-state index in [0.717, 1.165) is 30.7 Å². The smallest absolute Gasteiger partial charge is 0.113 e. The molecule has 0 atom stereocenters. The summed E-state index contributed by atoms with van der Waals surface area (Å²) in [4.78, 5) is 0. The van der Waals surface area contributed by atoms with Gasteiger partial charge in [0, 0.05) is 6.54 Å². The maximum absolute atomic E-state index is 4.14. The van der Waals surface area contributed by atoms with Crippen LogP contribution in [0.2, 0.25) is 0 Å². The van der Waals surface area contributed by atoms with Crippen LogP contribution in [-0.2, 0) is 6.54 Å². The van der Waals surface area contributed by atoms with E-state index in [1.807, 2.05) is 22.9 Å². The molecular formula is C12H18N4. The van der Waals surface area contributed by atoms with E-state index in [4.69, 9.17) is 0 Å². The molecule has 2 aromatic rings. The highest BCUT2D eigenvalue weighted by Crippen LogP contribution is 2.08. The number of hydrogen-bond acceptors (Lipinski definition) is 3. The van der Waals surface area contributed by atoms with Crippen LogP contribution in [0.4, 0.5) is 0 Å². The summed E-state index contributed by atoms with van der Waals surface area (Å²) in [7, 11) is 0. The van der Waals surface area contributed by atoms with Crippen molar-refractivity contribution < 1.29 is 0 Å². The first kappa shape index (κ1) is 11.1. The fourth-order valence-corrected chi connectivity index (χ4v) is 1.66. The average Bonchev–Trinajstić information content (AvgIpc) is 2.68. The van der Waals surface area contributed by atoms with Gasteiger partial charge in [0.25, 0.3) is 0 Å². The minimum Gasteiger partial charge on any atom is -0.315 e. The molecule has 1 heterocycles. The van der Waals surface area contributed by atoms with E-state index >= 15 is 0 Å². The number of aromatic nitrogens is 3. The van der Waals surface area contributed by atoms with Crippen molar-refractivity contribution in [3.8, 4) is 0 Å². The van der Waals surface area contributed by atoms with E-state index in [2.05, 4.69) is 35.5 Å². The number of nitrogens with one attached hydrogen (secondary N) is 1. The third kappa shape index (κ3) is 2.58. The predicted octanol–water partition coefficient (Wildman–Crippen LogP) is 1.68. The SMILES string of the molecule is CC(C)CNCCn1nnc2ccccc21. The normalized spacial score (nSPS) is 11.4. The van der Waals surface area contributed by atoms with Gasteiger partial charge in [-0.25, -0.2) is 4.68 Å². The van der Waals surface area contributed by atoms with Crippen molar-refractivity contribution >= 4 is 11.0 Å². The first-order chi connectivity index (χ1) is 7.77. The van der Waals surface area contributed by atoms with Crippen molar-refractivity contribution in [2.45, 2.75) is 20.4 Å². The topological polar surface area (TPSA) is 42.7 Å². The third-order valence-corrected chi connectivity index (χ3v) is 2.47. The molecule has 0 saturated heterocycles. The summed E-state index contributed by atoms with van der Waals surface area (Å²) >= 11 is 0. The minimum atomic E-state index is 0.687. The molecule has 0 fully saturated rings. The maximum atomic E-state index is 4.14. The third-order valence-electron chi connectivity index (χ3n) is 2.47. The van der Waals surface area contributed by atoms with Crippen LogP contribution in [0, 0.1) is 5.92 Å². The van der Waals surface area contributed by atoms with Crippen LogP contribution in [-0.4, -0.2) is 28.1 Å². The van der Waals surface area contributed by atoms with Crippen LogP contribution in [0.3, 0.4) is 0 Å². The Balaban J connectivity index is 1.94. The lowest BCUT2D eigenvalue weighted by Gasteiger charge is -2.07. The Bertz CT molecular complexity index is 447. The molecule has 1 aromatic heterocycles. The number of benzene rings is 1. The van der Waals surface area contributed by atoms with Crippen LogP contribution in [0.25, 0.3) is 11.0 Å². The van der Waals surface area contributed by atoms with Gasteiger partial charge in [0.1, 0.15) is 5.52 Å². The van der Waals surface area contributed by atoms with Crippen molar-refractivity contribution in [1.29, 1.82) is 0 Å². The van der Waals surface area contributed by atoms with Crippen molar-refractivity contribution in [2.75, 3.05) is 13.1 Å². The summed E-state index contributed by atoms with van der Waals surface area (Å²) in [6.45, 7) is 7.27. The van der Waals surface area contributed by atoms with Gasteiger partial charge in [0.15, 0.2) is 0 Å². The molecule has 1 aromatic carbocycles. The molecule has 86 valence electrons. The largest absolute Gasteiger partial charge is 0.315 e. The Labute approximate surface area is 95.6 Å². The van der Waals surface area contributed by atoms with E-state index in [1.165, 1.54) is 0 Å². The molecule has 0 bridgehead atoms. The number of para-hydroxylation sites is 1. The Morgan fingerprint density at radius 1 is 1.31 bits per heavy atom. The number of rotatable bonds is 5. The summed E-state index contributed by atoms with van der Waals surface area (Å²) in [5, 5.41) is 11.7. The number of fused-ring (bicyclic) bond motifs is 1. The predicted molar refractivity (Wildman–Crippen MR) is 65.2 cm³/mol. The van der Waals surface area contributed by atoms with Gasteiger partial charge in [-0.3, -0.25) is 0 Å². The Hall–Kier alpha value is -1.42. The fraction of sp³-hybridized carbons (Fsp3) is 0.500. The van der Waals surface area contributed by atoms with Gasteiger partial charge < -0.3 is 5.32 Å². The molecule has 0 spiro atoms. The molecule has 4 heteroatoms. The molecule has 1 N–H and O–H groups in total. The lowest BCUT2D eigenvalue weighted by Crippen LogP contribution is -2.24. The summed E-state index contributed by atoms with van der Waals surface area (Å²) in [5.41, 5.74) is 2.07. The monoisotopic (exact) mass is 218 g/mol. The van der Waals surface area contributed by atoms with Crippen molar-refractivity contribution in [2.24, 2.45) is 5.92 Å². The van der Waals surface area contributed by atoms with Gasteiger partial charge in [-0.05, 0) is 24.6 Å². The van der Waals surface area contributed by atoms with Crippen LogP contribution >= 0.6 is 0 Å². The second-order valence-electron chi connectivity index (χ2n) is 4.40. The lowest BCUT2D eigenvalue weighted by atomic mass is 10.2. The van der Waals surface area contributed by atoms with Crippen LogP contribution in [0.15, 0.2) is 24.3 Å². The summed E-state index contributed by atoms with van der Waals surface area (Å²) < 4.78 is 1.95. The molecule has 0 aliphatic heterocycles. The molecule has 0 aliphatic carbocycles. The van der Waals surface area contributed by atoms with Crippen LogP contribution in [0.1, 0.15) is 13.8 Å². The second kappa shape index (κ2) is 5.07. The Kier molecular flexibility index (Phi) is 3.51. The molecule has 4 nitrogen and oxygen atoms in total. The zero-order valence-electron chi connectivity index (χ0n) is 9.85. The standard InChI is InChI=1S/C12H18N4/c1-10(2)9-13-7-8-16-12-6-4-3-5-11(12)14-15-16/h3-6,10,13H,7-9H2,1-2H3. The van der Waals surface area contributed by atoms with E-state index < -0.39 is 0 Å². The minimum absolute atomic E-state index is 0.687.